The first kappa shape index (κ1) is 27.8. The van der Waals surface area contributed by atoms with Gasteiger partial charge in [0.25, 0.3) is 0 Å². The second kappa shape index (κ2) is 12.1. The number of aromatic nitrogens is 1. The second-order valence-electron chi connectivity index (χ2n) is 8.22. The van der Waals surface area contributed by atoms with Crippen LogP contribution >= 0.6 is 11.3 Å². The number of aryl methyl sites for hydroxylation is 1. The van der Waals surface area contributed by atoms with E-state index in [-0.39, 0.29) is 12.4 Å². The molecule has 11 heteroatoms. The number of carboxylic acids is 1. The van der Waals surface area contributed by atoms with E-state index in [0.29, 0.717) is 50.6 Å². The van der Waals surface area contributed by atoms with Crippen LogP contribution in [-0.2, 0) is 11.4 Å². The molecule has 1 heterocycles. The predicted octanol–water partition coefficient (Wildman–Crippen LogP) is 7.13. The van der Waals surface area contributed by atoms with E-state index in [9.17, 15) is 18.0 Å². The Labute approximate surface area is 226 Å². The Bertz CT molecular complexity index is 1440. The van der Waals surface area contributed by atoms with Gasteiger partial charge in [-0.1, -0.05) is 12.1 Å². The van der Waals surface area contributed by atoms with E-state index >= 15 is 0 Å². The van der Waals surface area contributed by atoms with Crippen LogP contribution in [0.15, 0.2) is 66.7 Å². The van der Waals surface area contributed by atoms with Crippen LogP contribution in [0.3, 0.4) is 0 Å². The average molecular weight is 560 g/mol. The van der Waals surface area contributed by atoms with Crippen molar-refractivity contribution in [3.05, 3.63) is 77.3 Å². The molecule has 204 valence electrons. The quantitative estimate of drug-likeness (QED) is 0.209. The summed E-state index contributed by atoms with van der Waals surface area (Å²) in [7, 11) is 0. The molecule has 0 bridgehead atoms. The molecule has 1 N–H and O–H groups in total. The Morgan fingerprint density at radius 3 is 2.33 bits per heavy atom. The topological polar surface area (TPSA) is 87.1 Å². The van der Waals surface area contributed by atoms with E-state index in [0.717, 1.165) is 5.56 Å². The summed E-state index contributed by atoms with van der Waals surface area (Å²) in [4.78, 5) is 16.1. The minimum absolute atomic E-state index is 0.0994. The smallest absolute Gasteiger partial charge is 0.494 e. The Balaban J connectivity index is 1.62. The number of hydrogen-bond donors (Lipinski definition) is 1. The van der Waals surface area contributed by atoms with Crippen LogP contribution in [0, 0.1) is 6.92 Å². The van der Waals surface area contributed by atoms with Crippen LogP contribution in [0.25, 0.3) is 21.7 Å². The van der Waals surface area contributed by atoms with Crippen molar-refractivity contribution >= 4 is 17.3 Å². The minimum Gasteiger partial charge on any atom is -0.494 e. The number of nitrogens with zero attached hydrogens (tertiary/aromatic N) is 1. The summed E-state index contributed by atoms with van der Waals surface area (Å²) in [6.07, 6.45) is -4.81. The molecule has 7 nitrogen and oxygen atoms in total. The van der Waals surface area contributed by atoms with E-state index in [1.807, 2.05) is 19.1 Å². The highest BCUT2D eigenvalue weighted by Gasteiger charge is 2.31. The third-order valence-corrected chi connectivity index (χ3v) is 6.38. The van der Waals surface area contributed by atoms with Crippen LogP contribution in [0.5, 0.6) is 23.0 Å². The third-order valence-electron chi connectivity index (χ3n) is 5.30. The normalized spacial score (nSPS) is 11.2. The number of aliphatic carboxylic acids is 1. The van der Waals surface area contributed by atoms with E-state index in [4.69, 9.17) is 24.3 Å². The highest BCUT2D eigenvalue weighted by atomic mass is 32.1. The van der Waals surface area contributed by atoms with Gasteiger partial charge in [0, 0.05) is 5.56 Å². The Morgan fingerprint density at radius 1 is 0.923 bits per heavy atom. The molecule has 0 saturated heterocycles. The van der Waals surface area contributed by atoms with Gasteiger partial charge in [-0.05, 0) is 79.6 Å². The summed E-state index contributed by atoms with van der Waals surface area (Å²) in [6, 6.07) is 18.0. The van der Waals surface area contributed by atoms with Crippen molar-refractivity contribution in [3.63, 3.8) is 0 Å². The van der Waals surface area contributed by atoms with Crippen molar-refractivity contribution in [2.24, 2.45) is 0 Å². The molecule has 0 saturated carbocycles. The number of thiazole rings is 1. The maximum Gasteiger partial charge on any atom is 0.573 e. The van der Waals surface area contributed by atoms with Gasteiger partial charge in [-0.3, -0.25) is 0 Å². The Hall–Kier alpha value is -4.25. The number of halogens is 3. The highest BCUT2D eigenvalue weighted by molar-refractivity contribution is 7.15. The molecule has 4 rings (SSSR count). The van der Waals surface area contributed by atoms with Gasteiger partial charge in [-0.25, -0.2) is 9.78 Å². The van der Waals surface area contributed by atoms with Gasteiger partial charge in [0.1, 0.15) is 34.6 Å². The molecule has 0 spiro atoms. The number of carbonyl (C=O) groups is 1. The van der Waals surface area contributed by atoms with E-state index in [2.05, 4.69) is 4.74 Å². The zero-order valence-corrected chi connectivity index (χ0v) is 21.8. The fourth-order valence-electron chi connectivity index (χ4n) is 3.69. The molecule has 4 aromatic rings. The maximum atomic E-state index is 12.8. The molecular weight excluding hydrogens is 535 g/mol. The number of ether oxygens (including phenoxy) is 4. The lowest BCUT2D eigenvalue weighted by molar-refractivity contribution is -0.274. The number of benzene rings is 3. The first-order chi connectivity index (χ1) is 18.6. The summed E-state index contributed by atoms with van der Waals surface area (Å²) >= 11 is 1.29. The van der Waals surface area contributed by atoms with Gasteiger partial charge >= 0.3 is 12.3 Å². The summed E-state index contributed by atoms with van der Waals surface area (Å²) in [5, 5.41) is 9.40. The average Bonchev–Trinajstić information content (AvgIpc) is 3.31. The van der Waals surface area contributed by atoms with Gasteiger partial charge in [0.2, 0.25) is 0 Å². The fraction of sp³-hybridized carbons (Fsp3) is 0.214. The molecule has 0 amide bonds. The van der Waals surface area contributed by atoms with Crippen LogP contribution in [-0.4, -0.2) is 35.6 Å². The van der Waals surface area contributed by atoms with Crippen LogP contribution in [0.2, 0.25) is 0 Å². The second-order valence-corrected chi connectivity index (χ2v) is 9.30. The molecule has 39 heavy (non-hydrogen) atoms. The predicted molar refractivity (Wildman–Crippen MR) is 139 cm³/mol. The summed E-state index contributed by atoms with van der Waals surface area (Å²) < 4.78 is 59.3. The van der Waals surface area contributed by atoms with Crippen LogP contribution in [0.1, 0.15) is 17.5 Å². The molecule has 0 atom stereocenters. The van der Waals surface area contributed by atoms with E-state index in [1.54, 1.807) is 43.3 Å². The highest BCUT2D eigenvalue weighted by Crippen LogP contribution is 2.39. The zero-order valence-electron chi connectivity index (χ0n) is 20.9. The van der Waals surface area contributed by atoms with Crippen molar-refractivity contribution < 1.29 is 42.0 Å². The van der Waals surface area contributed by atoms with Gasteiger partial charge in [-0.15, -0.1) is 24.5 Å². The van der Waals surface area contributed by atoms with Crippen molar-refractivity contribution in [3.8, 4) is 44.7 Å². The first-order valence-corrected chi connectivity index (χ1v) is 12.6. The first-order valence-electron chi connectivity index (χ1n) is 11.8. The number of carboxylic acid groups (broad SMARTS) is 1. The standard InChI is InChI=1S/C28H24F3NO6S/c1-3-35-20-9-7-18(8-10-20)26-27(19-5-4-6-22(14-19)38-28(29,30)31)39-24(32-26)15-36-21-11-12-23(17(2)13-21)37-16-25(33)34/h4-14H,3,15-16H2,1-2H3,(H,33,34). The molecule has 0 unspecified atom stereocenters. The number of hydrogen-bond acceptors (Lipinski definition) is 7. The molecule has 3 aromatic carbocycles. The summed E-state index contributed by atoms with van der Waals surface area (Å²) in [5.74, 6) is 0.237. The molecule has 0 fully saturated rings. The lowest BCUT2D eigenvalue weighted by atomic mass is 10.1. The SMILES string of the molecule is CCOc1ccc(-c2nc(COc3ccc(OCC(=O)O)c(C)c3)sc2-c2cccc(OC(F)(F)F)c2)cc1. The lowest BCUT2D eigenvalue weighted by Gasteiger charge is -2.10. The van der Waals surface area contributed by atoms with E-state index < -0.39 is 18.9 Å². The third kappa shape index (κ3) is 7.64. The number of rotatable bonds is 11. The molecular formula is C28H24F3NO6S. The molecule has 1 aromatic heterocycles. The van der Waals surface area contributed by atoms with Crippen molar-refractivity contribution in [2.45, 2.75) is 26.8 Å². The minimum atomic E-state index is -4.81. The van der Waals surface area contributed by atoms with Crippen LogP contribution < -0.4 is 18.9 Å². The summed E-state index contributed by atoms with van der Waals surface area (Å²) in [5.41, 5.74) is 2.55. The monoisotopic (exact) mass is 559 g/mol. The Kier molecular flexibility index (Phi) is 8.60. The van der Waals surface area contributed by atoms with Gasteiger partial charge < -0.3 is 24.1 Å². The van der Waals surface area contributed by atoms with Crippen LogP contribution in [0.4, 0.5) is 13.2 Å². The van der Waals surface area contributed by atoms with Crippen molar-refractivity contribution in [2.75, 3.05) is 13.2 Å². The lowest BCUT2D eigenvalue weighted by Crippen LogP contribution is -2.17. The fourth-order valence-corrected chi connectivity index (χ4v) is 4.68. The number of alkyl halides is 3. The molecule has 0 aliphatic carbocycles. The van der Waals surface area contributed by atoms with Gasteiger partial charge in [-0.2, -0.15) is 0 Å². The van der Waals surface area contributed by atoms with Crippen molar-refractivity contribution in [1.82, 2.24) is 4.98 Å². The Morgan fingerprint density at radius 2 is 1.67 bits per heavy atom. The van der Waals surface area contributed by atoms with Gasteiger partial charge in [0.15, 0.2) is 6.61 Å². The van der Waals surface area contributed by atoms with Crippen molar-refractivity contribution in [1.29, 1.82) is 0 Å². The molecule has 0 radical (unpaired) electrons. The summed E-state index contributed by atoms with van der Waals surface area (Å²) in [6.45, 7) is 3.81. The zero-order chi connectivity index (χ0) is 28.0. The molecule has 0 aliphatic heterocycles. The van der Waals surface area contributed by atoms with Gasteiger partial charge in [0.05, 0.1) is 17.2 Å². The maximum absolute atomic E-state index is 12.8. The largest absolute Gasteiger partial charge is 0.573 e. The van der Waals surface area contributed by atoms with E-state index in [1.165, 1.54) is 29.5 Å². The molecule has 0 aliphatic rings.